The average molecular weight is 463 g/mol. The fourth-order valence-corrected chi connectivity index (χ4v) is 3.42. The first-order valence-corrected chi connectivity index (χ1v) is 9.56. The van der Waals surface area contributed by atoms with E-state index in [9.17, 15) is 26.5 Å². The molecule has 2 aromatic rings. The van der Waals surface area contributed by atoms with Crippen LogP contribution in [0.1, 0.15) is 18.4 Å². The molecule has 0 saturated heterocycles. The Balaban J connectivity index is 2.28. The Morgan fingerprint density at radius 3 is 2.35 bits per heavy atom. The van der Waals surface area contributed by atoms with E-state index in [2.05, 4.69) is 26.2 Å². The third-order valence-electron chi connectivity index (χ3n) is 3.44. The summed E-state index contributed by atoms with van der Waals surface area (Å²) in [5.74, 6) is 0.160. The van der Waals surface area contributed by atoms with Gasteiger partial charge in [0, 0.05) is 34.6 Å². The van der Waals surface area contributed by atoms with Crippen LogP contribution in [0.2, 0.25) is 0 Å². The Kier molecular flexibility index (Phi) is 5.96. The molecule has 1 aromatic carbocycles. The molecule has 0 fully saturated rings. The minimum atomic E-state index is -5.75. The second-order valence-electron chi connectivity index (χ2n) is 5.48. The number of aromatic nitrogens is 1. The number of nitrogens with zero attached hydrogens (tertiary/aromatic N) is 1. The number of benzene rings is 1. The summed E-state index contributed by atoms with van der Waals surface area (Å²) in [6, 6.07) is 3.45. The molecule has 12 heteroatoms. The summed E-state index contributed by atoms with van der Waals surface area (Å²) in [4.78, 5) is 21.7. The summed E-state index contributed by atoms with van der Waals surface area (Å²) < 4.78 is 75.1. The quantitative estimate of drug-likeness (QED) is 0.320. The zero-order valence-corrected chi connectivity index (χ0v) is 15.4. The number of fused-ring (bicyclic) bond motifs is 1. The number of hydrogen-bond donors (Lipinski definition) is 3. The number of halogens is 6. The van der Waals surface area contributed by atoms with Gasteiger partial charge in [-0.25, -0.2) is 4.98 Å². The molecule has 0 atom stereocenters. The maximum absolute atomic E-state index is 14.0. The van der Waals surface area contributed by atoms with Gasteiger partial charge in [0.15, 0.2) is 0 Å². The second-order valence-corrected chi connectivity index (χ2v) is 7.98. The summed E-state index contributed by atoms with van der Waals surface area (Å²) in [7, 11) is -5.75. The smallest absolute Gasteiger partial charge is 0.370 e. The molecule has 5 nitrogen and oxygen atoms in total. The van der Waals surface area contributed by atoms with Crippen molar-refractivity contribution in [1.29, 1.82) is 0 Å². The lowest BCUT2D eigenvalue weighted by Crippen LogP contribution is -2.14. The van der Waals surface area contributed by atoms with Crippen molar-refractivity contribution in [1.82, 2.24) is 4.98 Å². The van der Waals surface area contributed by atoms with Crippen molar-refractivity contribution < 1.29 is 36.3 Å². The van der Waals surface area contributed by atoms with Crippen molar-refractivity contribution in [3.05, 3.63) is 34.4 Å². The van der Waals surface area contributed by atoms with E-state index in [0.717, 1.165) is 6.07 Å². The number of pyridine rings is 1. The molecule has 2 rings (SSSR count). The molecule has 0 aliphatic heterocycles. The molecule has 0 aliphatic rings. The zero-order valence-electron chi connectivity index (χ0n) is 12.9. The van der Waals surface area contributed by atoms with Gasteiger partial charge in [0.05, 0.1) is 0 Å². The molecule has 0 saturated carbocycles. The molecule has 1 aromatic heterocycles. The molecular weight excluding hydrogens is 450 g/mol. The second kappa shape index (κ2) is 7.38. The Labute approximate surface area is 152 Å². The van der Waals surface area contributed by atoms with E-state index in [0.29, 0.717) is 5.39 Å². The monoisotopic (exact) mass is 462 g/mol. The highest BCUT2D eigenvalue weighted by molar-refractivity contribution is 9.10. The third kappa shape index (κ3) is 4.91. The summed E-state index contributed by atoms with van der Waals surface area (Å²) in [6.07, 6.45) is -4.12. The van der Waals surface area contributed by atoms with Gasteiger partial charge in [0.1, 0.15) is 5.82 Å². The highest BCUT2D eigenvalue weighted by Crippen LogP contribution is 2.60. The van der Waals surface area contributed by atoms with Gasteiger partial charge in [0.25, 0.3) is 0 Å². The average Bonchev–Trinajstić information content (AvgIpc) is 2.49. The van der Waals surface area contributed by atoms with E-state index >= 15 is 0 Å². The van der Waals surface area contributed by atoms with Crippen LogP contribution in [0.3, 0.4) is 0 Å². The molecule has 1 heterocycles. The maximum atomic E-state index is 14.0. The van der Waals surface area contributed by atoms with Gasteiger partial charge < -0.3 is 15.1 Å². The Morgan fingerprint density at radius 1 is 1.12 bits per heavy atom. The van der Waals surface area contributed by atoms with Gasteiger partial charge in [-0.3, -0.25) is 4.57 Å². The number of nitrogens with one attached hydrogen (secondary N) is 1. The van der Waals surface area contributed by atoms with Gasteiger partial charge >= 0.3 is 19.4 Å². The highest BCUT2D eigenvalue weighted by Gasteiger charge is 2.51. The number of anilines is 1. The van der Waals surface area contributed by atoms with E-state index in [4.69, 9.17) is 9.79 Å². The lowest BCUT2D eigenvalue weighted by molar-refractivity contribution is -0.134. The van der Waals surface area contributed by atoms with E-state index in [1.54, 1.807) is 0 Å². The minimum absolute atomic E-state index is 0.0277. The fraction of sp³-hybridized carbons (Fsp3) is 0.357. The van der Waals surface area contributed by atoms with Crippen LogP contribution in [0.5, 0.6) is 0 Å². The predicted octanol–water partition coefficient (Wildman–Crippen LogP) is 4.98. The van der Waals surface area contributed by atoms with Crippen LogP contribution in [-0.2, 0) is 10.2 Å². The van der Waals surface area contributed by atoms with Crippen molar-refractivity contribution in [2.75, 3.05) is 11.9 Å². The van der Waals surface area contributed by atoms with Crippen molar-refractivity contribution in [2.24, 2.45) is 0 Å². The third-order valence-corrected chi connectivity index (χ3v) is 5.07. The molecule has 0 aliphatic carbocycles. The molecule has 0 radical (unpaired) electrons. The van der Waals surface area contributed by atoms with Crippen molar-refractivity contribution in [2.45, 2.75) is 24.7 Å². The molecule has 144 valence electrons. The molecular formula is C14H13BrF5N2O3P. The zero-order chi connectivity index (χ0) is 19.8. The van der Waals surface area contributed by atoms with Gasteiger partial charge in [0.2, 0.25) is 0 Å². The first-order valence-electron chi connectivity index (χ1n) is 7.15. The van der Waals surface area contributed by atoms with Crippen molar-refractivity contribution in [3.8, 4) is 0 Å². The van der Waals surface area contributed by atoms with Crippen LogP contribution < -0.4 is 5.32 Å². The molecule has 0 spiro atoms. The minimum Gasteiger partial charge on any atom is -0.370 e. The highest BCUT2D eigenvalue weighted by atomic mass is 79.9. The van der Waals surface area contributed by atoms with Gasteiger partial charge in [-0.1, -0.05) is 15.9 Å². The normalized spacial score (nSPS) is 13.2. The molecule has 0 amide bonds. The van der Waals surface area contributed by atoms with Gasteiger partial charge in [-0.2, -0.15) is 22.0 Å². The maximum Gasteiger partial charge on any atom is 0.399 e. The summed E-state index contributed by atoms with van der Waals surface area (Å²) >= 11 is 2.86. The van der Waals surface area contributed by atoms with Crippen LogP contribution in [0.15, 0.2) is 28.9 Å². The number of hydrogen-bond acceptors (Lipinski definition) is 3. The van der Waals surface area contributed by atoms with Gasteiger partial charge in [-0.15, -0.1) is 0 Å². The van der Waals surface area contributed by atoms with E-state index < -0.39 is 31.4 Å². The predicted molar refractivity (Wildman–Crippen MR) is 89.2 cm³/mol. The molecule has 3 N–H and O–H groups in total. The van der Waals surface area contributed by atoms with Crippen molar-refractivity contribution >= 4 is 40.1 Å². The molecule has 0 unspecified atom stereocenters. The molecule has 26 heavy (non-hydrogen) atoms. The standard InChI is InChI=1S/C14H13BrF5N2O3P/c15-11-5-9-7-22-12(21-3-1-2-13(16,17)18)6-8(9)4-10(11)14(19,20)26(23,24)25/h4-7H,1-3H2,(H,21,22)(H2,23,24,25). The number of alkyl halides is 5. The van der Waals surface area contributed by atoms with Crippen molar-refractivity contribution in [3.63, 3.8) is 0 Å². The van der Waals surface area contributed by atoms with Gasteiger partial charge in [-0.05, 0) is 30.0 Å². The van der Waals surface area contributed by atoms with Crippen LogP contribution in [0, 0.1) is 0 Å². The van der Waals surface area contributed by atoms with E-state index in [1.807, 2.05) is 0 Å². The Bertz CT molecular complexity index is 856. The van der Waals surface area contributed by atoms with Crippen LogP contribution in [0.25, 0.3) is 10.8 Å². The largest absolute Gasteiger partial charge is 0.399 e. The first-order chi connectivity index (χ1) is 11.8. The SMILES string of the molecule is O=P(O)(O)C(F)(F)c1cc2cc(NCCCC(F)(F)F)ncc2cc1Br. The van der Waals surface area contributed by atoms with Crippen LogP contribution in [-0.4, -0.2) is 27.5 Å². The Morgan fingerprint density at radius 2 is 1.77 bits per heavy atom. The fourth-order valence-electron chi connectivity index (χ4n) is 2.16. The lowest BCUT2D eigenvalue weighted by Gasteiger charge is -2.20. The number of rotatable bonds is 6. The summed E-state index contributed by atoms with van der Waals surface area (Å²) in [5, 5.41) is 3.25. The lowest BCUT2D eigenvalue weighted by atomic mass is 10.1. The van der Waals surface area contributed by atoms with E-state index in [-0.39, 0.29) is 28.6 Å². The summed E-state index contributed by atoms with van der Waals surface area (Å²) in [6.45, 7) is -0.0277. The summed E-state index contributed by atoms with van der Waals surface area (Å²) in [5.41, 5.74) is -5.29. The van der Waals surface area contributed by atoms with E-state index in [1.165, 1.54) is 18.3 Å². The van der Waals surface area contributed by atoms with Crippen LogP contribution >= 0.6 is 23.5 Å². The Hall–Kier alpha value is -1.29. The van der Waals surface area contributed by atoms with Crippen LogP contribution in [0.4, 0.5) is 27.8 Å². The topological polar surface area (TPSA) is 82.5 Å². The first kappa shape index (κ1) is 21.0. The molecule has 0 bridgehead atoms.